The first-order valence-corrected chi connectivity index (χ1v) is 11.9. The van der Waals surface area contributed by atoms with Crippen LogP contribution in [0.4, 0.5) is 5.69 Å². The van der Waals surface area contributed by atoms with E-state index in [-0.39, 0.29) is 18.4 Å². The van der Waals surface area contributed by atoms with Gasteiger partial charge in [-0.3, -0.25) is 9.59 Å². The van der Waals surface area contributed by atoms with E-state index >= 15 is 0 Å². The van der Waals surface area contributed by atoms with Gasteiger partial charge in [-0.2, -0.15) is 0 Å². The molecule has 3 aromatic carbocycles. The van der Waals surface area contributed by atoms with Crippen molar-refractivity contribution in [1.82, 2.24) is 4.90 Å². The van der Waals surface area contributed by atoms with Gasteiger partial charge in [-0.25, -0.2) is 0 Å². The molecule has 2 amide bonds. The second kappa shape index (κ2) is 8.85. The summed E-state index contributed by atoms with van der Waals surface area (Å²) in [6.07, 6.45) is 3.42. The molecular formula is C27H24Cl2N2O2. The van der Waals surface area contributed by atoms with E-state index in [0.717, 1.165) is 42.4 Å². The largest absolute Gasteiger partial charge is 0.324 e. The summed E-state index contributed by atoms with van der Waals surface area (Å²) < 4.78 is 0. The molecule has 5 rings (SSSR count). The molecule has 1 aliphatic carbocycles. The average Bonchev–Trinajstić information content (AvgIpc) is 3.27. The molecule has 0 saturated heterocycles. The Morgan fingerprint density at radius 3 is 2.27 bits per heavy atom. The van der Waals surface area contributed by atoms with Crippen molar-refractivity contribution >= 4 is 40.7 Å². The first-order valence-electron chi connectivity index (χ1n) is 11.2. The van der Waals surface area contributed by atoms with Crippen molar-refractivity contribution in [1.29, 1.82) is 0 Å². The zero-order chi connectivity index (χ0) is 23.0. The highest BCUT2D eigenvalue weighted by molar-refractivity contribution is 6.31. The summed E-state index contributed by atoms with van der Waals surface area (Å²) in [5.74, 6) is -0.242. The Hall–Kier alpha value is -2.82. The number of nitrogens with one attached hydrogen (secondary N) is 1. The van der Waals surface area contributed by atoms with E-state index in [1.54, 1.807) is 11.0 Å². The molecule has 1 unspecified atom stereocenters. The summed E-state index contributed by atoms with van der Waals surface area (Å²) >= 11 is 12.5. The number of nitrogens with zero attached hydrogens (tertiary/aromatic N) is 1. The number of halogens is 2. The molecule has 1 N–H and O–H groups in total. The summed E-state index contributed by atoms with van der Waals surface area (Å²) in [5, 5.41) is 4.18. The highest BCUT2D eigenvalue weighted by Gasteiger charge is 2.48. The van der Waals surface area contributed by atoms with E-state index in [2.05, 4.69) is 5.32 Å². The molecule has 0 spiro atoms. The van der Waals surface area contributed by atoms with Crippen molar-refractivity contribution in [2.24, 2.45) is 0 Å². The predicted octanol–water partition coefficient (Wildman–Crippen LogP) is 6.38. The molecule has 1 heterocycles. The second-order valence-corrected chi connectivity index (χ2v) is 9.70. The Balaban J connectivity index is 1.67. The van der Waals surface area contributed by atoms with Crippen LogP contribution in [0.1, 0.15) is 48.4 Å². The van der Waals surface area contributed by atoms with Gasteiger partial charge in [0.2, 0.25) is 11.8 Å². The number of anilines is 1. The summed E-state index contributed by atoms with van der Waals surface area (Å²) in [6.45, 7) is -0.0277. The molecule has 1 aliphatic heterocycles. The van der Waals surface area contributed by atoms with Gasteiger partial charge in [0, 0.05) is 21.3 Å². The lowest BCUT2D eigenvalue weighted by molar-refractivity contribution is -0.141. The Kier molecular flexibility index (Phi) is 5.90. The van der Waals surface area contributed by atoms with Crippen LogP contribution in [0.3, 0.4) is 0 Å². The summed E-state index contributed by atoms with van der Waals surface area (Å²) in [5.41, 5.74) is 2.71. The molecule has 1 atom stereocenters. The molecule has 0 bridgehead atoms. The van der Waals surface area contributed by atoms with Crippen LogP contribution in [0.15, 0.2) is 72.8 Å². The number of hydrogen-bond acceptors (Lipinski definition) is 2. The Morgan fingerprint density at radius 1 is 0.909 bits per heavy atom. The normalized spacial score (nSPS) is 19.5. The molecule has 1 fully saturated rings. The van der Waals surface area contributed by atoms with E-state index < -0.39 is 11.5 Å². The lowest BCUT2D eigenvalue weighted by Gasteiger charge is -2.38. The van der Waals surface area contributed by atoms with Gasteiger partial charge in [-0.1, -0.05) is 78.5 Å². The van der Waals surface area contributed by atoms with Gasteiger partial charge < -0.3 is 10.2 Å². The van der Waals surface area contributed by atoms with E-state index in [9.17, 15) is 9.59 Å². The highest BCUT2D eigenvalue weighted by Crippen LogP contribution is 2.46. The van der Waals surface area contributed by atoms with Gasteiger partial charge in [-0.05, 0) is 54.3 Å². The van der Waals surface area contributed by atoms with E-state index in [1.807, 2.05) is 66.7 Å². The molecule has 168 valence electrons. The maximum Gasteiger partial charge on any atom is 0.244 e. The smallest absolute Gasteiger partial charge is 0.244 e. The fourth-order valence-corrected chi connectivity index (χ4v) is 5.62. The zero-order valence-electron chi connectivity index (χ0n) is 18.1. The standard InChI is InChI=1S/C27H24Cl2N2O2/c28-20-10-8-19(9-11-20)27(14-4-5-15-27)26(33)31-17-24(32)30-23-13-12-21(29)16-22(23)25(31)18-6-2-1-3-7-18/h1-3,6-13,16,25H,4-5,14-15,17H2,(H,30,32). The number of carbonyl (C=O) groups excluding carboxylic acids is 2. The second-order valence-electron chi connectivity index (χ2n) is 8.82. The molecule has 2 aliphatic rings. The van der Waals surface area contributed by atoms with Crippen LogP contribution in [0, 0.1) is 0 Å². The molecule has 3 aromatic rings. The highest BCUT2D eigenvalue weighted by atomic mass is 35.5. The predicted molar refractivity (Wildman–Crippen MR) is 132 cm³/mol. The van der Waals surface area contributed by atoms with Crippen LogP contribution in [-0.2, 0) is 15.0 Å². The molecule has 0 aromatic heterocycles. The maximum atomic E-state index is 14.5. The minimum absolute atomic E-state index is 0.0277. The molecule has 6 heteroatoms. The Bertz CT molecular complexity index is 1190. The Labute approximate surface area is 203 Å². The molecule has 33 heavy (non-hydrogen) atoms. The third kappa shape index (κ3) is 4.03. The minimum Gasteiger partial charge on any atom is -0.324 e. The van der Waals surface area contributed by atoms with Crippen molar-refractivity contribution in [3.8, 4) is 0 Å². The third-order valence-corrected chi connectivity index (χ3v) is 7.33. The number of amides is 2. The molecular weight excluding hydrogens is 455 g/mol. The van der Waals surface area contributed by atoms with Gasteiger partial charge in [0.15, 0.2) is 0 Å². The summed E-state index contributed by atoms with van der Waals surface area (Å²) in [4.78, 5) is 29.2. The van der Waals surface area contributed by atoms with Crippen molar-refractivity contribution in [2.75, 3.05) is 11.9 Å². The molecule has 4 nitrogen and oxygen atoms in total. The van der Waals surface area contributed by atoms with Gasteiger partial charge in [-0.15, -0.1) is 0 Å². The summed E-state index contributed by atoms with van der Waals surface area (Å²) in [7, 11) is 0. The number of carbonyl (C=O) groups is 2. The zero-order valence-corrected chi connectivity index (χ0v) is 19.6. The van der Waals surface area contributed by atoms with Crippen LogP contribution in [0.2, 0.25) is 10.0 Å². The van der Waals surface area contributed by atoms with E-state index in [4.69, 9.17) is 23.2 Å². The van der Waals surface area contributed by atoms with Crippen LogP contribution in [-0.4, -0.2) is 23.3 Å². The maximum absolute atomic E-state index is 14.5. The van der Waals surface area contributed by atoms with Crippen molar-refractivity contribution in [3.63, 3.8) is 0 Å². The van der Waals surface area contributed by atoms with Crippen molar-refractivity contribution < 1.29 is 9.59 Å². The van der Waals surface area contributed by atoms with Crippen molar-refractivity contribution in [2.45, 2.75) is 37.1 Å². The quantitative estimate of drug-likeness (QED) is 0.474. The van der Waals surface area contributed by atoms with Gasteiger partial charge in [0.25, 0.3) is 0 Å². The number of fused-ring (bicyclic) bond motifs is 1. The van der Waals surface area contributed by atoms with Crippen LogP contribution >= 0.6 is 23.2 Å². The summed E-state index contributed by atoms with van der Waals surface area (Å²) in [6, 6.07) is 22.4. The lowest BCUT2D eigenvalue weighted by atomic mass is 9.76. The molecule has 0 radical (unpaired) electrons. The van der Waals surface area contributed by atoms with Gasteiger partial charge >= 0.3 is 0 Å². The van der Waals surface area contributed by atoms with E-state index in [1.165, 1.54) is 0 Å². The fraction of sp³-hybridized carbons (Fsp3) is 0.259. The van der Waals surface area contributed by atoms with Crippen LogP contribution in [0.5, 0.6) is 0 Å². The lowest BCUT2D eigenvalue weighted by Crippen LogP contribution is -2.49. The number of benzene rings is 3. The fourth-order valence-electron chi connectivity index (χ4n) is 5.31. The first kappa shape index (κ1) is 22.0. The monoisotopic (exact) mass is 478 g/mol. The first-order chi connectivity index (χ1) is 16.0. The SMILES string of the molecule is O=C1CN(C(=O)C2(c3ccc(Cl)cc3)CCCC2)C(c2ccccc2)c2cc(Cl)ccc2N1. The van der Waals surface area contributed by atoms with Gasteiger partial charge in [0.05, 0.1) is 11.5 Å². The number of rotatable bonds is 3. The van der Waals surface area contributed by atoms with Crippen molar-refractivity contribution in [3.05, 3.63) is 99.5 Å². The molecule has 1 saturated carbocycles. The Morgan fingerprint density at radius 2 is 1.58 bits per heavy atom. The average molecular weight is 479 g/mol. The third-order valence-electron chi connectivity index (χ3n) is 6.85. The van der Waals surface area contributed by atoms with E-state index in [0.29, 0.717) is 15.7 Å². The minimum atomic E-state index is -0.680. The number of hydrogen-bond donors (Lipinski definition) is 1. The van der Waals surface area contributed by atoms with Crippen LogP contribution < -0.4 is 5.32 Å². The van der Waals surface area contributed by atoms with Gasteiger partial charge in [0.1, 0.15) is 6.54 Å². The van der Waals surface area contributed by atoms with Crippen LogP contribution in [0.25, 0.3) is 0 Å². The topological polar surface area (TPSA) is 49.4 Å².